The molecule has 1 atom stereocenters. The van der Waals surface area contributed by atoms with Crippen LogP contribution in [0.1, 0.15) is 88.1 Å². The lowest BCUT2D eigenvalue weighted by atomic mass is 9.85. The van der Waals surface area contributed by atoms with Gasteiger partial charge in [0.05, 0.1) is 29.2 Å². The minimum absolute atomic E-state index is 0.0264. The van der Waals surface area contributed by atoms with Crippen LogP contribution >= 0.6 is 0 Å². The molecule has 1 unspecified atom stereocenters. The first-order valence-electron chi connectivity index (χ1n) is 15.7. The molecule has 1 aliphatic carbocycles. The van der Waals surface area contributed by atoms with Gasteiger partial charge in [0, 0.05) is 49.0 Å². The summed E-state index contributed by atoms with van der Waals surface area (Å²) in [6.07, 6.45) is 13.0. The number of rotatable bonds is 9. The van der Waals surface area contributed by atoms with Crippen molar-refractivity contribution in [2.75, 3.05) is 25.9 Å². The van der Waals surface area contributed by atoms with Gasteiger partial charge in [0.15, 0.2) is 0 Å². The minimum Gasteiger partial charge on any atom is -0.334 e. The molecule has 1 saturated carbocycles. The molecule has 234 valence electrons. The van der Waals surface area contributed by atoms with Crippen molar-refractivity contribution < 1.29 is 17.6 Å². The van der Waals surface area contributed by atoms with E-state index in [1.54, 1.807) is 11.0 Å². The van der Waals surface area contributed by atoms with Crippen molar-refractivity contribution in [2.24, 2.45) is 5.92 Å². The van der Waals surface area contributed by atoms with Gasteiger partial charge in [-0.3, -0.25) is 9.78 Å². The number of pyridine rings is 1. The lowest BCUT2D eigenvalue weighted by Gasteiger charge is -2.37. The molecule has 0 bridgehead atoms. The largest absolute Gasteiger partial charge is 0.334 e. The molecule has 1 aliphatic heterocycles. The number of halogens is 1. The molecule has 0 radical (unpaired) electrons. The number of fused-ring (bicyclic) bond motifs is 1. The summed E-state index contributed by atoms with van der Waals surface area (Å²) in [6, 6.07) is 6.54. The number of carbonyl (C=O) groups excluding carboxylic acids is 1. The summed E-state index contributed by atoms with van der Waals surface area (Å²) in [7, 11) is -3.17. The highest BCUT2D eigenvalue weighted by Gasteiger charge is 2.30. The second-order valence-corrected chi connectivity index (χ2v) is 14.9. The van der Waals surface area contributed by atoms with E-state index in [2.05, 4.69) is 26.9 Å². The third-order valence-electron chi connectivity index (χ3n) is 9.12. The standard InChI is InChI=1S/C33H46FN5O3S/c1-22(2)39(23(3)4)33(40)29-17-26(34)10-13-31(29)38-21-30(28-14-15-35-18-32(28)38)25-7-6-16-37(20-25)19-24-8-11-27(12-9-24)36-43(5,41)42/h10,13-15,17-18,21-25,27,36H,6-9,11-12,16,19-20H2,1-5H3/t24-,25?,27-. The number of likely N-dealkylation sites (tertiary alicyclic amines) is 1. The minimum atomic E-state index is -3.17. The topological polar surface area (TPSA) is 87.5 Å². The first-order valence-corrected chi connectivity index (χ1v) is 17.6. The number of nitrogens with zero attached hydrogens (tertiary/aromatic N) is 4. The smallest absolute Gasteiger partial charge is 0.256 e. The van der Waals surface area contributed by atoms with Crippen LogP contribution in [0.15, 0.2) is 42.9 Å². The zero-order valence-corrected chi connectivity index (χ0v) is 26.9. The Balaban J connectivity index is 1.40. The van der Waals surface area contributed by atoms with Gasteiger partial charge in [-0.25, -0.2) is 17.5 Å². The number of piperidine rings is 1. The van der Waals surface area contributed by atoms with Crippen molar-refractivity contribution in [1.82, 2.24) is 24.1 Å². The van der Waals surface area contributed by atoms with E-state index in [1.807, 2.05) is 44.7 Å². The summed E-state index contributed by atoms with van der Waals surface area (Å²) >= 11 is 0. The van der Waals surface area contributed by atoms with Crippen LogP contribution in [0.2, 0.25) is 0 Å². The SMILES string of the molecule is CC(C)N(C(=O)c1cc(F)ccc1-n1cc(C2CCCN(C[C@H]3CC[C@H](NS(C)(=O)=O)CC3)C2)c2ccncc21)C(C)C. The van der Waals surface area contributed by atoms with Gasteiger partial charge in [-0.1, -0.05) is 0 Å². The normalized spacial score (nSPS) is 22.0. The first kappa shape index (κ1) is 31.6. The summed E-state index contributed by atoms with van der Waals surface area (Å²) < 4.78 is 42.7. The summed E-state index contributed by atoms with van der Waals surface area (Å²) in [5.41, 5.74) is 3.15. The average molecular weight is 612 g/mol. The number of hydrogen-bond donors (Lipinski definition) is 1. The van der Waals surface area contributed by atoms with Crippen LogP contribution in [0.4, 0.5) is 4.39 Å². The lowest BCUT2D eigenvalue weighted by molar-refractivity contribution is 0.0643. The molecule has 8 nitrogen and oxygen atoms in total. The molecule has 1 aromatic carbocycles. The number of aromatic nitrogens is 2. The van der Waals surface area contributed by atoms with Crippen LogP contribution in [0.5, 0.6) is 0 Å². The zero-order chi connectivity index (χ0) is 30.9. The number of hydrogen-bond acceptors (Lipinski definition) is 5. The summed E-state index contributed by atoms with van der Waals surface area (Å²) in [6.45, 7) is 11.0. The maximum absolute atomic E-state index is 14.6. The molecule has 10 heteroatoms. The molecule has 5 rings (SSSR count). The van der Waals surface area contributed by atoms with Gasteiger partial charge >= 0.3 is 0 Å². The molecule has 2 aromatic heterocycles. The predicted molar refractivity (Wildman–Crippen MR) is 170 cm³/mol. The fraction of sp³-hybridized carbons (Fsp3) is 0.576. The first-order chi connectivity index (χ1) is 20.4. The number of amides is 1. The molecule has 0 spiro atoms. The monoisotopic (exact) mass is 611 g/mol. The Bertz CT molecular complexity index is 1540. The number of carbonyl (C=O) groups is 1. The van der Waals surface area contributed by atoms with Gasteiger partial charge < -0.3 is 14.4 Å². The van der Waals surface area contributed by atoms with E-state index in [4.69, 9.17) is 0 Å². The van der Waals surface area contributed by atoms with Crippen molar-refractivity contribution in [3.63, 3.8) is 0 Å². The second-order valence-electron chi connectivity index (χ2n) is 13.1. The summed E-state index contributed by atoms with van der Waals surface area (Å²) in [5.74, 6) is 0.278. The van der Waals surface area contributed by atoms with Crippen LogP contribution in [0.25, 0.3) is 16.6 Å². The Labute approximate surface area is 255 Å². The van der Waals surface area contributed by atoms with Crippen LogP contribution < -0.4 is 4.72 Å². The van der Waals surface area contributed by atoms with E-state index in [-0.39, 0.29) is 24.0 Å². The summed E-state index contributed by atoms with van der Waals surface area (Å²) in [4.78, 5) is 22.6. The number of nitrogens with one attached hydrogen (secondary N) is 1. The molecule has 2 aliphatic rings. The molecule has 3 aromatic rings. The Morgan fingerprint density at radius 1 is 1.09 bits per heavy atom. The Morgan fingerprint density at radius 3 is 2.49 bits per heavy atom. The van der Waals surface area contributed by atoms with Gasteiger partial charge in [-0.15, -0.1) is 0 Å². The van der Waals surface area contributed by atoms with E-state index in [0.717, 1.165) is 69.1 Å². The van der Waals surface area contributed by atoms with Crippen LogP contribution in [0, 0.1) is 11.7 Å². The van der Waals surface area contributed by atoms with Crippen LogP contribution in [-0.4, -0.2) is 77.7 Å². The van der Waals surface area contributed by atoms with Gasteiger partial charge in [0.25, 0.3) is 5.91 Å². The average Bonchev–Trinajstić information content (AvgIpc) is 3.33. The van der Waals surface area contributed by atoms with E-state index < -0.39 is 15.8 Å². The predicted octanol–water partition coefficient (Wildman–Crippen LogP) is 5.71. The zero-order valence-electron chi connectivity index (χ0n) is 26.1. The van der Waals surface area contributed by atoms with Gasteiger partial charge in [0.1, 0.15) is 5.82 Å². The molecule has 1 N–H and O–H groups in total. The molecule has 2 fully saturated rings. The fourth-order valence-corrected chi connectivity index (χ4v) is 8.17. The highest BCUT2D eigenvalue weighted by atomic mass is 32.2. The van der Waals surface area contributed by atoms with E-state index in [1.165, 1.54) is 24.0 Å². The Hall–Kier alpha value is -2.82. The van der Waals surface area contributed by atoms with Crippen molar-refractivity contribution in [2.45, 2.75) is 90.3 Å². The molecule has 1 amide bonds. The maximum Gasteiger partial charge on any atom is 0.256 e. The van der Waals surface area contributed by atoms with Crippen molar-refractivity contribution >= 4 is 26.8 Å². The van der Waals surface area contributed by atoms with Gasteiger partial charge in [0.2, 0.25) is 10.0 Å². The number of benzene rings is 1. The number of sulfonamides is 1. The molecular weight excluding hydrogens is 565 g/mol. The fourth-order valence-electron chi connectivity index (χ4n) is 7.33. The van der Waals surface area contributed by atoms with Gasteiger partial charge in [-0.05, 0) is 114 Å². The Morgan fingerprint density at radius 2 is 1.81 bits per heavy atom. The molecule has 43 heavy (non-hydrogen) atoms. The highest BCUT2D eigenvalue weighted by molar-refractivity contribution is 7.88. The third-order valence-corrected chi connectivity index (χ3v) is 9.89. The van der Waals surface area contributed by atoms with Crippen molar-refractivity contribution in [1.29, 1.82) is 0 Å². The third kappa shape index (κ3) is 7.29. The molecular formula is C33H46FN5O3S. The maximum atomic E-state index is 14.6. The van der Waals surface area contributed by atoms with Crippen molar-refractivity contribution in [3.8, 4) is 5.69 Å². The Kier molecular flexibility index (Phi) is 9.58. The van der Waals surface area contributed by atoms with E-state index in [9.17, 15) is 17.6 Å². The van der Waals surface area contributed by atoms with E-state index >= 15 is 0 Å². The highest BCUT2D eigenvalue weighted by Crippen LogP contribution is 2.36. The summed E-state index contributed by atoms with van der Waals surface area (Å²) in [5, 5.41) is 1.11. The van der Waals surface area contributed by atoms with Crippen LogP contribution in [-0.2, 0) is 10.0 Å². The van der Waals surface area contributed by atoms with Crippen molar-refractivity contribution in [3.05, 3.63) is 59.8 Å². The van der Waals surface area contributed by atoms with E-state index in [0.29, 0.717) is 23.1 Å². The molecule has 1 saturated heterocycles. The quantitative estimate of drug-likeness (QED) is 0.335. The second kappa shape index (κ2) is 13.0. The van der Waals surface area contributed by atoms with Crippen LogP contribution in [0.3, 0.4) is 0 Å². The van der Waals surface area contributed by atoms with Gasteiger partial charge in [-0.2, -0.15) is 0 Å². The lowest BCUT2D eigenvalue weighted by Crippen LogP contribution is -2.42. The molecule has 3 heterocycles.